The summed E-state index contributed by atoms with van der Waals surface area (Å²) in [6.07, 6.45) is 1.75. The Morgan fingerprint density at radius 3 is 2.93 bits per heavy atom. The molecule has 76 valence electrons. The van der Waals surface area contributed by atoms with Crippen molar-refractivity contribution in [1.29, 1.82) is 0 Å². The number of nitrogens with zero attached hydrogens (tertiary/aromatic N) is 2. The third kappa shape index (κ3) is 2.65. The maximum absolute atomic E-state index is 10.6. The minimum atomic E-state index is -0.503. The van der Waals surface area contributed by atoms with E-state index in [0.717, 1.165) is 0 Å². The smallest absolute Gasteiger partial charge is 0.292 e. The van der Waals surface area contributed by atoms with Crippen LogP contribution in [0, 0.1) is 10.1 Å². The summed E-state index contributed by atoms with van der Waals surface area (Å²) >= 11 is 5.60. The number of pyridine rings is 1. The molecule has 0 aromatic carbocycles. The van der Waals surface area contributed by atoms with Crippen LogP contribution in [0.2, 0.25) is 5.02 Å². The van der Waals surface area contributed by atoms with Crippen molar-refractivity contribution in [3.63, 3.8) is 0 Å². The van der Waals surface area contributed by atoms with Gasteiger partial charge < -0.3 is 5.73 Å². The molecule has 0 aliphatic rings. The maximum atomic E-state index is 10.6. The SMILES string of the molecule is CC(N)Cc1ncc(Cl)cc1[N+](=O)[O-]. The van der Waals surface area contributed by atoms with E-state index >= 15 is 0 Å². The van der Waals surface area contributed by atoms with Crippen molar-refractivity contribution in [3.8, 4) is 0 Å². The van der Waals surface area contributed by atoms with E-state index in [9.17, 15) is 10.1 Å². The minimum Gasteiger partial charge on any atom is -0.328 e. The summed E-state index contributed by atoms with van der Waals surface area (Å²) in [5, 5.41) is 10.9. The number of hydrogen-bond acceptors (Lipinski definition) is 4. The molecule has 14 heavy (non-hydrogen) atoms. The van der Waals surface area contributed by atoms with Gasteiger partial charge in [-0.15, -0.1) is 0 Å². The lowest BCUT2D eigenvalue weighted by atomic mass is 10.1. The maximum Gasteiger partial charge on any atom is 0.292 e. The van der Waals surface area contributed by atoms with Crippen LogP contribution < -0.4 is 5.73 Å². The Hall–Kier alpha value is -1.20. The van der Waals surface area contributed by atoms with Gasteiger partial charge in [0.05, 0.1) is 9.95 Å². The van der Waals surface area contributed by atoms with Crippen LogP contribution >= 0.6 is 11.6 Å². The number of nitro groups is 1. The molecule has 0 saturated heterocycles. The predicted octanol–water partition coefficient (Wildman–Crippen LogP) is 1.53. The van der Waals surface area contributed by atoms with Crippen molar-refractivity contribution in [3.05, 3.63) is 33.1 Å². The van der Waals surface area contributed by atoms with Gasteiger partial charge in [0.2, 0.25) is 0 Å². The average Bonchev–Trinajstić information content (AvgIpc) is 2.07. The molecule has 1 aromatic rings. The summed E-state index contributed by atoms with van der Waals surface area (Å²) in [7, 11) is 0. The third-order valence-electron chi connectivity index (χ3n) is 1.63. The van der Waals surface area contributed by atoms with Gasteiger partial charge in [0.15, 0.2) is 0 Å². The zero-order chi connectivity index (χ0) is 10.7. The summed E-state index contributed by atoms with van der Waals surface area (Å²) in [5.41, 5.74) is 5.83. The van der Waals surface area contributed by atoms with Crippen molar-refractivity contribution in [1.82, 2.24) is 4.98 Å². The lowest BCUT2D eigenvalue weighted by Crippen LogP contribution is -2.19. The fourth-order valence-electron chi connectivity index (χ4n) is 1.08. The Bertz CT molecular complexity index is 354. The molecule has 0 saturated carbocycles. The van der Waals surface area contributed by atoms with Gasteiger partial charge in [0.1, 0.15) is 5.69 Å². The first-order chi connectivity index (χ1) is 6.50. The first-order valence-corrected chi connectivity index (χ1v) is 4.43. The summed E-state index contributed by atoms with van der Waals surface area (Å²) in [5.74, 6) is 0. The van der Waals surface area contributed by atoms with Crippen LogP contribution in [0.4, 0.5) is 5.69 Å². The Balaban J connectivity index is 3.08. The van der Waals surface area contributed by atoms with Crippen molar-refractivity contribution in [2.24, 2.45) is 5.73 Å². The van der Waals surface area contributed by atoms with E-state index in [1.165, 1.54) is 12.3 Å². The van der Waals surface area contributed by atoms with E-state index in [4.69, 9.17) is 17.3 Å². The number of halogens is 1. The zero-order valence-corrected chi connectivity index (χ0v) is 8.36. The van der Waals surface area contributed by atoms with Crippen LogP contribution in [0.1, 0.15) is 12.6 Å². The first kappa shape index (κ1) is 10.9. The van der Waals surface area contributed by atoms with Gasteiger partial charge in [-0.3, -0.25) is 15.1 Å². The quantitative estimate of drug-likeness (QED) is 0.612. The van der Waals surface area contributed by atoms with E-state index in [0.29, 0.717) is 12.1 Å². The third-order valence-corrected chi connectivity index (χ3v) is 1.83. The molecule has 6 heteroatoms. The highest BCUT2D eigenvalue weighted by molar-refractivity contribution is 6.30. The summed E-state index contributed by atoms with van der Waals surface area (Å²) < 4.78 is 0. The molecule has 0 radical (unpaired) electrons. The van der Waals surface area contributed by atoms with Crippen LogP contribution in [0.25, 0.3) is 0 Å². The number of hydrogen-bond donors (Lipinski definition) is 1. The fraction of sp³-hybridized carbons (Fsp3) is 0.375. The molecule has 0 fully saturated rings. The van der Waals surface area contributed by atoms with Crippen molar-refractivity contribution in [2.75, 3.05) is 0 Å². The van der Waals surface area contributed by atoms with E-state index in [2.05, 4.69) is 4.98 Å². The second kappa shape index (κ2) is 4.34. The molecule has 5 nitrogen and oxygen atoms in total. The van der Waals surface area contributed by atoms with Crippen molar-refractivity contribution < 1.29 is 4.92 Å². The fourth-order valence-corrected chi connectivity index (χ4v) is 1.23. The van der Waals surface area contributed by atoms with Crippen LogP contribution in [0.3, 0.4) is 0 Å². The molecule has 2 N–H and O–H groups in total. The second-order valence-electron chi connectivity index (χ2n) is 3.06. The number of nitrogens with two attached hydrogens (primary N) is 1. The molecule has 0 aliphatic carbocycles. The molecule has 1 atom stereocenters. The molecule has 0 aliphatic heterocycles. The molecule has 1 rings (SSSR count). The zero-order valence-electron chi connectivity index (χ0n) is 7.61. The van der Waals surface area contributed by atoms with Crippen LogP contribution in [-0.4, -0.2) is 15.9 Å². The normalized spacial score (nSPS) is 12.5. The van der Waals surface area contributed by atoms with Gasteiger partial charge in [-0.1, -0.05) is 11.6 Å². The highest BCUT2D eigenvalue weighted by Gasteiger charge is 2.16. The average molecular weight is 216 g/mol. The predicted molar refractivity (Wildman–Crippen MR) is 53.3 cm³/mol. The van der Waals surface area contributed by atoms with Crippen LogP contribution in [-0.2, 0) is 6.42 Å². The standard InChI is InChI=1S/C8H10ClN3O2/c1-5(10)2-7-8(12(13)14)3-6(9)4-11-7/h3-5H,2,10H2,1H3. The van der Waals surface area contributed by atoms with Gasteiger partial charge in [0.25, 0.3) is 5.69 Å². The van der Waals surface area contributed by atoms with Gasteiger partial charge in [-0.25, -0.2) is 0 Å². The van der Waals surface area contributed by atoms with E-state index in [1.807, 2.05) is 0 Å². The molecule has 0 spiro atoms. The Morgan fingerprint density at radius 1 is 1.79 bits per heavy atom. The minimum absolute atomic E-state index is 0.0743. The van der Waals surface area contributed by atoms with Gasteiger partial charge in [0, 0.05) is 24.7 Å². The molecule has 1 heterocycles. The lowest BCUT2D eigenvalue weighted by Gasteiger charge is -2.04. The summed E-state index contributed by atoms with van der Waals surface area (Å²) in [6, 6.07) is 1.12. The topological polar surface area (TPSA) is 82.0 Å². The van der Waals surface area contributed by atoms with E-state index in [-0.39, 0.29) is 16.8 Å². The van der Waals surface area contributed by atoms with Crippen LogP contribution in [0.15, 0.2) is 12.3 Å². The van der Waals surface area contributed by atoms with Crippen molar-refractivity contribution >= 4 is 17.3 Å². The highest BCUT2D eigenvalue weighted by Crippen LogP contribution is 2.21. The molecular formula is C8H10ClN3O2. The monoisotopic (exact) mass is 215 g/mol. The number of rotatable bonds is 3. The van der Waals surface area contributed by atoms with Gasteiger partial charge in [-0.05, 0) is 6.92 Å². The van der Waals surface area contributed by atoms with E-state index in [1.54, 1.807) is 6.92 Å². The molecule has 1 unspecified atom stereocenters. The van der Waals surface area contributed by atoms with Crippen LogP contribution in [0.5, 0.6) is 0 Å². The highest BCUT2D eigenvalue weighted by atomic mass is 35.5. The second-order valence-corrected chi connectivity index (χ2v) is 3.49. The summed E-state index contributed by atoms with van der Waals surface area (Å²) in [6.45, 7) is 1.76. The molecular weight excluding hydrogens is 206 g/mol. The van der Waals surface area contributed by atoms with Gasteiger partial charge >= 0.3 is 0 Å². The van der Waals surface area contributed by atoms with Gasteiger partial charge in [-0.2, -0.15) is 0 Å². The van der Waals surface area contributed by atoms with E-state index < -0.39 is 4.92 Å². The Morgan fingerprint density at radius 2 is 2.43 bits per heavy atom. The number of aromatic nitrogens is 1. The molecule has 0 amide bonds. The Kier molecular flexibility index (Phi) is 3.38. The van der Waals surface area contributed by atoms with Crippen molar-refractivity contribution in [2.45, 2.75) is 19.4 Å². The first-order valence-electron chi connectivity index (χ1n) is 4.05. The summed E-state index contributed by atoms with van der Waals surface area (Å²) in [4.78, 5) is 14.0. The molecule has 0 bridgehead atoms. The lowest BCUT2D eigenvalue weighted by molar-refractivity contribution is -0.385. The largest absolute Gasteiger partial charge is 0.328 e. The Labute approximate surface area is 86.0 Å². The molecule has 1 aromatic heterocycles.